The van der Waals surface area contributed by atoms with Crippen LogP contribution in [0.2, 0.25) is 0 Å². The molecule has 0 aliphatic carbocycles. The number of piperidine rings is 1. The van der Waals surface area contributed by atoms with E-state index in [2.05, 4.69) is 10.2 Å². The molecule has 21 heavy (non-hydrogen) atoms. The van der Waals surface area contributed by atoms with Crippen LogP contribution in [0.15, 0.2) is 24.3 Å². The first-order chi connectivity index (χ1) is 10.1. The van der Waals surface area contributed by atoms with Crippen molar-refractivity contribution in [1.29, 1.82) is 0 Å². The highest BCUT2D eigenvalue weighted by Gasteiger charge is 2.27. The number of nitrogens with zero attached hydrogens (tertiary/aromatic N) is 2. The third-order valence-corrected chi connectivity index (χ3v) is 4.07. The summed E-state index contributed by atoms with van der Waals surface area (Å²) in [5.41, 5.74) is 1.67. The number of para-hydroxylation sites is 1. The van der Waals surface area contributed by atoms with Crippen LogP contribution in [0.5, 0.6) is 0 Å². The number of hydrogen-bond acceptors (Lipinski definition) is 3. The highest BCUT2D eigenvalue weighted by Crippen LogP contribution is 2.20. The molecule has 1 amide bonds. The van der Waals surface area contributed by atoms with Crippen molar-refractivity contribution in [2.45, 2.75) is 19.3 Å². The number of carboxylic acid groups (broad SMARTS) is 1. The van der Waals surface area contributed by atoms with Gasteiger partial charge in [-0.25, -0.2) is 0 Å². The van der Waals surface area contributed by atoms with Crippen LogP contribution in [-0.2, 0) is 16.0 Å². The first kappa shape index (κ1) is 13.6. The van der Waals surface area contributed by atoms with Crippen LogP contribution in [0.1, 0.15) is 18.5 Å². The Morgan fingerprint density at radius 1 is 1.29 bits per heavy atom. The fourth-order valence-electron chi connectivity index (χ4n) is 2.79. The number of H-pyrrole nitrogens is 1. The summed E-state index contributed by atoms with van der Waals surface area (Å²) in [6, 6.07) is 7.67. The number of carbonyl (C=O) groups excluding carboxylic acids is 1. The molecule has 0 unspecified atom stereocenters. The first-order valence-electron chi connectivity index (χ1n) is 7.07. The minimum atomic E-state index is -0.762. The molecule has 1 fully saturated rings. The normalized spacial score (nSPS) is 16.3. The summed E-state index contributed by atoms with van der Waals surface area (Å²) in [7, 11) is 0. The second kappa shape index (κ2) is 5.55. The molecule has 0 radical (unpaired) electrons. The Morgan fingerprint density at radius 3 is 2.71 bits per heavy atom. The molecule has 0 bridgehead atoms. The Bertz CT molecular complexity index is 672. The van der Waals surface area contributed by atoms with Crippen LogP contribution < -0.4 is 0 Å². The van der Waals surface area contributed by atoms with Gasteiger partial charge in [-0.05, 0) is 18.9 Å². The molecule has 2 heterocycles. The zero-order chi connectivity index (χ0) is 14.8. The van der Waals surface area contributed by atoms with Gasteiger partial charge in [-0.2, -0.15) is 5.10 Å². The predicted octanol–water partition coefficient (Wildman–Crippen LogP) is 1.43. The number of hydrogen-bond donors (Lipinski definition) is 2. The summed E-state index contributed by atoms with van der Waals surface area (Å²) >= 11 is 0. The molecule has 6 heteroatoms. The SMILES string of the molecule is O=C(O)C1CCN(C(=O)Cc2[nH]nc3ccccc23)CC1. The minimum Gasteiger partial charge on any atom is -0.481 e. The standard InChI is InChI=1S/C15H17N3O3/c19-14(18-7-5-10(6-8-18)15(20)21)9-13-11-3-1-2-4-12(11)16-17-13/h1-4,10H,5-9H2,(H,16,17)(H,20,21). The number of likely N-dealkylation sites (tertiary alicyclic amines) is 1. The van der Waals surface area contributed by atoms with E-state index in [-0.39, 0.29) is 18.2 Å². The number of aliphatic carboxylic acids is 1. The predicted molar refractivity (Wildman–Crippen MR) is 76.7 cm³/mol. The summed E-state index contributed by atoms with van der Waals surface area (Å²) in [5.74, 6) is -1.06. The summed E-state index contributed by atoms with van der Waals surface area (Å²) in [6.45, 7) is 1.03. The summed E-state index contributed by atoms with van der Waals surface area (Å²) < 4.78 is 0. The van der Waals surface area contributed by atoms with E-state index < -0.39 is 5.97 Å². The zero-order valence-corrected chi connectivity index (χ0v) is 11.6. The highest BCUT2D eigenvalue weighted by atomic mass is 16.4. The van der Waals surface area contributed by atoms with Crippen LogP contribution >= 0.6 is 0 Å². The summed E-state index contributed by atoms with van der Waals surface area (Å²) in [5, 5.41) is 17.0. The Balaban J connectivity index is 1.66. The number of fused-ring (bicyclic) bond motifs is 1. The quantitative estimate of drug-likeness (QED) is 0.894. The van der Waals surface area contributed by atoms with Crippen molar-refractivity contribution in [1.82, 2.24) is 15.1 Å². The number of nitrogens with one attached hydrogen (secondary N) is 1. The number of carboxylic acids is 1. The molecule has 1 aliphatic rings. The van der Waals surface area contributed by atoms with E-state index in [0.717, 1.165) is 16.6 Å². The smallest absolute Gasteiger partial charge is 0.306 e. The van der Waals surface area contributed by atoms with Crippen molar-refractivity contribution in [3.63, 3.8) is 0 Å². The third-order valence-electron chi connectivity index (χ3n) is 4.07. The average molecular weight is 287 g/mol. The molecule has 0 spiro atoms. The molecule has 1 aromatic heterocycles. The Morgan fingerprint density at radius 2 is 2.00 bits per heavy atom. The van der Waals surface area contributed by atoms with Gasteiger partial charge in [0.2, 0.25) is 5.91 Å². The maximum Gasteiger partial charge on any atom is 0.306 e. The lowest BCUT2D eigenvalue weighted by atomic mass is 9.97. The second-order valence-corrected chi connectivity index (χ2v) is 5.39. The van der Waals surface area contributed by atoms with E-state index >= 15 is 0 Å². The monoisotopic (exact) mass is 287 g/mol. The van der Waals surface area contributed by atoms with Gasteiger partial charge in [-0.3, -0.25) is 14.7 Å². The Hall–Kier alpha value is -2.37. The van der Waals surface area contributed by atoms with Gasteiger partial charge in [-0.1, -0.05) is 18.2 Å². The van der Waals surface area contributed by atoms with Crippen molar-refractivity contribution in [2.75, 3.05) is 13.1 Å². The fraction of sp³-hybridized carbons (Fsp3) is 0.400. The topological polar surface area (TPSA) is 86.3 Å². The van der Waals surface area contributed by atoms with Gasteiger partial charge in [0.1, 0.15) is 0 Å². The molecule has 110 valence electrons. The molecule has 0 saturated carbocycles. The average Bonchev–Trinajstić information content (AvgIpc) is 2.91. The van der Waals surface area contributed by atoms with Crippen LogP contribution in [0.25, 0.3) is 10.9 Å². The highest BCUT2D eigenvalue weighted by molar-refractivity contribution is 5.87. The van der Waals surface area contributed by atoms with E-state index in [9.17, 15) is 9.59 Å². The van der Waals surface area contributed by atoms with Crippen molar-refractivity contribution in [3.05, 3.63) is 30.0 Å². The first-order valence-corrected chi connectivity index (χ1v) is 7.07. The van der Waals surface area contributed by atoms with E-state index in [0.29, 0.717) is 25.9 Å². The van der Waals surface area contributed by atoms with Crippen LogP contribution in [0.3, 0.4) is 0 Å². The number of aromatic nitrogens is 2. The third kappa shape index (κ3) is 2.74. The maximum atomic E-state index is 12.3. The van der Waals surface area contributed by atoms with E-state index in [1.807, 2.05) is 24.3 Å². The molecular formula is C15H17N3O3. The van der Waals surface area contributed by atoms with Crippen LogP contribution in [0.4, 0.5) is 0 Å². The van der Waals surface area contributed by atoms with Crippen molar-refractivity contribution >= 4 is 22.8 Å². The van der Waals surface area contributed by atoms with E-state index in [4.69, 9.17) is 5.11 Å². The van der Waals surface area contributed by atoms with Crippen LogP contribution in [-0.4, -0.2) is 45.2 Å². The molecular weight excluding hydrogens is 270 g/mol. The van der Waals surface area contributed by atoms with Gasteiger partial charge < -0.3 is 10.0 Å². The van der Waals surface area contributed by atoms with Gasteiger partial charge in [0.25, 0.3) is 0 Å². The summed E-state index contributed by atoms with van der Waals surface area (Å²) in [6.07, 6.45) is 1.34. The van der Waals surface area contributed by atoms with Crippen molar-refractivity contribution < 1.29 is 14.7 Å². The van der Waals surface area contributed by atoms with Gasteiger partial charge in [0, 0.05) is 18.5 Å². The van der Waals surface area contributed by atoms with Crippen LogP contribution in [0, 0.1) is 5.92 Å². The number of amides is 1. The maximum absolute atomic E-state index is 12.3. The Labute approximate surface area is 121 Å². The zero-order valence-electron chi connectivity index (χ0n) is 11.6. The number of benzene rings is 1. The fourth-order valence-corrected chi connectivity index (χ4v) is 2.79. The molecule has 0 atom stereocenters. The molecule has 3 rings (SSSR count). The van der Waals surface area contributed by atoms with E-state index in [1.165, 1.54) is 0 Å². The van der Waals surface area contributed by atoms with Crippen molar-refractivity contribution in [2.24, 2.45) is 5.92 Å². The van der Waals surface area contributed by atoms with Gasteiger partial charge in [0.05, 0.1) is 23.5 Å². The summed E-state index contributed by atoms with van der Waals surface area (Å²) in [4.78, 5) is 25.0. The molecule has 2 N–H and O–H groups in total. The Kier molecular flexibility index (Phi) is 3.60. The molecule has 6 nitrogen and oxygen atoms in total. The molecule has 1 aromatic carbocycles. The number of carbonyl (C=O) groups is 2. The molecule has 1 aliphatic heterocycles. The molecule has 2 aromatic rings. The largest absolute Gasteiger partial charge is 0.481 e. The lowest BCUT2D eigenvalue weighted by molar-refractivity contribution is -0.145. The second-order valence-electron chi connectivity index (χ2n) is 5.39. The van der Waals surface area contributed by atoms with Gasteiger partial charge in [-0.15, -0.1) is 0 Å². The van der Waals surface area contributed by atoms with Crippen molar-refractivity contribution in [3.8, 4) is 0 Å². The van der Waals surface area contributed by atoms with Gasteiger partial charge in [0.15, 0.2) is 0 Å². The lowest BCUT2D eigenvalue weighted by Crippen LogP contribution is -2.41. The number of rotatable bonds is 3. The lowest BCUT2D eigenvalue weighted by Gasteiger charge is -2.30. The number of aromatic amines is 1. The molecule has 1 saturated heterocycles. The van der Waals surface area contributed by atoms with Gasteiger partial charge >= 0.3 is 5.97 Å². The van der Waals surface area contributed by atoms with E-state index in [1.54, 1.807) is 4.90 Å². The minimum absolute atomic E-state index is 0.0215.